The Balaban J connectivity index is 1.44. The van der Waals surface area contributed by atoms with E-state index in [-0.39, 0.29) is 33.7 Å². The number of methoxy groups -OCH3 is 3. The Hall–Kier alpha value is -5.32. The fraction of sp³-hybridized carbons (Fsp3) is 0.324. The number of pyridine rings is 1. The molecule has 3 aliphatic rings. The maximum Gasteiger partial charge on any atom is 0.274 e. The predicted molar refractivity (Wildman–Crippen MR) is 185 cm³/mol. The Labute approximate surface area is 291 Å². The zero-order valence-electron chi connectivity index (χ0n) is 28.2. The fourth-order valence-electron chi connectivity index (χ4n) is 7.74. The topological polar surface area (TPSA) is 135 Å². The van der Waals surface area contributed by atoms with Crippen LogP contribution in [0, 0.1) is 23.2 Å². The second kappa shape index (κ2) is 12.9. The summed E-state index contributed by atoms with van der Waals surface area (Å²) < 4.78 is 53.2. The highest BCUT2D eigenvalue weighted by atomic mass is 32.2. The smallest absolute Gasteiger partial charge is 0.274 e. The molecular weight excluding hydrogens is 659 g/mol. The quantitative estimate of drug-likeness (QED) is 0.233. The van der Waals surface area contributed by atoms with Gasteiger partial charge in [-0.15, -0.1) is 0 Å². The van der Waals surface area contributed by atoms with Crippen molar-refractivity contribution in [2.75, 3.05) is 63.3 Å². The Bertz CT molecular complexity index is 2090. The summed E-state index contributed by atoms with van der Waals surface area (Å²) in [7, 11) is -0.232. The number of nitrogens with zero attached hydrogens (tertiary/aromatic N) is 5. The number of fused-ring (bicyclic) bond motifs is 2. The van der Waals surface area contributed by atoms with Gasteiger partial charge in [0.1, 0.15) is 27.9 Å². The van der Waals surface area contributed by atoms with Gasteiger partial charge in [-0.3, -0.25) is 14.7 Å². The highest BCUT2D eigenvalue weighted by Crippen LogP contribution is 2.56. The van der Waals surface area contributed by atoms with Crippen LogP contribution in [0.5, 0.6) is 23.0 Å². The number of nitriles is 1. The summed E-state index contributed by atoms with van der Waals surface area (Å²) in [6, 6.07) is 20.4. The summed E-state index contributed by atoms with van der Waals surface area (Å²) >= 11 is 0. The predicted octanol–water partition coefficient (Wildman–Crippen LogP) is 4.43. The SMILES string of the molecule is CCOc1ccc(OC)cc1C1(N2CC3CN(c4ccncc4)CC3C2)C(=O)N(S(=O)(=O)c2ccc(OC)cc2OC)c2ccc(C#N)cc21. The lowest BCUT2D eigenvalue weighted by molar-refractivity contribution is -0.126. The van der Waals surface area contributed by atoms with E-state index < -0.39 is 21.5 Å². The van der Waals surface area contributed by atoms with E-state index in [0.717, 1.165) is 23.1 Å². The Morgan fingerprint density at radius 1 is 0.840 bits per heavy atom. The van der Waals surface area contributed by atoms with E-state index >= 15 is 4.79 Å². The van der Waals surface area contributed by atoms with Crippen molar-refractivity contribution in [1.82, 2.24) is 9.88 Å². The summed E-state index contributed by atoms with van der Waals surface area (Å²) in [4.78, 5) is 24.0. The van der Waals surface area contributed by atoms with Crippen LogP contribution in [0.3, 0.4) is 0 Å². The van der Waals surface area contributed by atoms with Gasteiger partial charge in [-0.1, -0.05) is 0 Å². The minimum absolute atomic E-state index is 0.0214. The van der Waals surface area contributed by atoms with Crippen molar-refractivity contribution in [3.8, 4) is 29.1 Å². The first-order valence-electron chi connectivity index (χ1n) is 16.3. The van der Waals surface area contributed by atoms with Crippen LogP contribution in [0.1, 0.15) is 23.6 Å². The van der Waals surface area contributed by atoms with Gasteiger partial charge in [-0.2, -0.15) is 5.26 Å². The van der Waals surface area contributed by atoms with Gasteiger partial charge in [0.05, 0.1) is 45.3 Å². The number of sulfonamides is 1. The van der Waals surface area contributed by atoms with Crippen LogP contribution in [-0.2, 0) is 20.4 Å². The monoisotopic (exact) mass is 695 g/mol. The molecule has 0 aliphatic carbocycles. The summed E-state index contributed by atoms with van der Waals surface area (Å²) in [6.07, 6.45) is 3.55. The number of hydrogen-bond acceptors (Lipinski definition) is 11. The third kappa shape index (κ3) is 5.09. The van der Waals surface area contributed by atoms with Gasteiger partial charge in [-0.05, 0) is 79.4 Å². The molecule has 7 rings (SSSR count). The number of anilines is 2. The second-order valence-corrected chi connectivity index (χ2v) is 14.2. The molecule has 3 aromatic carbocycles. The lowest BCUT2D eigenvalue weighted by Crippen LogP contribution is -2.55. The van der Waals surface area contributed by atoms with Crippen LogP contribution < -0.4 is 28.2 Å². The minimum Gasteiger partial charge on any atom is -0.497 e. The van der Waals surface area contributed by atoms with Crippen molar-refractivity contribution in [1.29, 1.82) is 5.26 Å². The van der Waals surface area contributed by atoms with Crippen molar-refractivity contribution in [2.45, 2.75) is 17.4 Å². The number of aromatic nitrogens is 1. The summed E-state index contributed by atoms with van der Waals surface area (Å²) in [5, 5.41) is 10.1. The number of ether oxygens (including phenoxy) is 4. The van der Waals surface area contributed by atoms with E-state index in [2.05, 4.69) is 20.9 Å². The lowest BCUT2D eigenvalue weighted by atomic mass is 9.80. The highest BCUT2D eigenvalue weighted by Gasteiger charge is 2.63. The van der Waals surface area contributed by atoms with Crippen molar-refractivity contribution in [3.05, 3.63) is 95.8 Å². The molecule has 258 valence electrons. The zero-order chi connectivity index (χ0) is 35.2. The van der Waals surface area contributed by atoms with E-state index in [0.29, 0.717) is 48.1 Å². The van der Waals surface area contributed by atoms with Gasteiger partial charge in [0, 0.05) is 61.5 Å². The molecular formula is C37H37N5O7S. The van der Waals surface area contributed by atoms with E-state index in [1.807, 2.05) is 19.1 Å². The Morgan fingerprint density at radius 2 is 1.52 bits per heavy atom. The minimum atomic E-state index is -4.59. The molecule has 1 aromatic heterocycles. The molecule has 3 aliphatic heterocycles. The molecule has 0 bridgehead atoms. The maximum atomic E-state index is 15.6. The van der Waals surface area contributed by atoms with Crippen LogP contribution in [0.25, 0.3) is 0 Å². The molecule has 2 saturated heterocycles. The molecule has 0 N–H and O–H groups in total. The Kier molecular flexibility index (Phi) is 8.53. The maximum absolute atomic E-state index is 15.6. The van der Waals surface area contributed by atoms with Gasteiger partial charge >= 0.3 is 0 Å². The first-order valence-corrected chi connectivity index (χ1v) is 17.7. The molecule has 3 unspecified atom stereocenters. The first kappa shape index (κ1) is 33.2. The number of hydrogen-bond donors (Lipinski definition) is 0. The average Bonchev–Trinajstić information content (AvgIpc) is 3.80. The summed E-state index contributed by atoms with van der Waals surface area (Å²) in [6.45, 7) is 4.61. The third-order valence-corrected chi connectivity index (χ3v) is 11.7. The number of carbonyl (C=O) groups excluding carboxylic acids is 1. The number of amides is 1. The van der Waals surface area contributed by atoms with E-state index in [4.69, 9.17) is 18.9 Å². The molecule has 13 heteroatoms. The van der Waals surface area contributed by atoms with Gasteiger partial charge in [0.15, 0.2) is 5.54 Å². The standard InChI is InChI=1S/C37H37N5O7S/c1-5-49-33-10-7-28(46-2)17-31(33)37(41-22-25-20-40(21-26(25)23-41)27-12-14-39-15-13-27)30-16-24(19-38)6-9-32(30)42(36(37)43)50(44,45)35-11-8-29(47-3)18-34(35)48-4/h6-18,25-26H,5,20-23H2,1-4H3. The number of carbonyl (C=O) groups is 1. The van der Waals surface area contributed by atoms with E-state index in [1.165, 1.54) is 51.7 Å². The van der Waals surface area contributed by atoms with Crippen molar-refractivity contribution in [3.63, 3.8) is 0 Å². The van der Waals surface area contributed by atoms with Crippen LogP contribution in [0.4, 0.5) is 11.4 Å². The summed E-state index contributed by atoms with van der Waals surface area (Å²) in [5.41, 5.74) is 0.621. The van der Waals surface area contributed by atoms with Gasteiger partial charge in [0.2, 0.25) is 0 Å². The van der Waals surface area contributed by atoms with Crippen molar-refractivity contribution >= 4 is 27.3 Å². The molecule has 0 radical (unpaired) electrons. The molecule has 4 heterocycles. The second-order valence-electron chi connectivity index (χ2n) is 12.5. The van der Waals surface area contributed by atoms with Crippen molar-refractivity contribution in [2.24, 2.45) is 11.8 Å². The van der Waals surface area contributed by atoms with Crippen molar-refractivity contribution < 1.29 is 32.2 Å². The summed E-state index contributed by atoms with van der Waals surface area (Å²) in [5.74, 6) is 0.924. The molecule has 50 heavy (non-hydrogen) atoms. The molecule has 2 fully saturated rings. The van der Waals surface area contributed by atoms with Crippen LogP contribution in [0.2, 0.25) is 0 Å². The van der Waals surface area contributed by atoms with E-state index in [9.17, 15) is 13.7 Å². The number of likely N-dealkylation sites (tertiary alicyclic amines) is 1. The molecule has 3 atom stereocenters. The third-order valence-electron chi connectivity index (χ3n) is 9.98. The van der Waals surface area contributed by atoms with Crippen LogP contribution in [0.15, 0.2) is 84.0 Å². The largest absolute Gasteiger partial charge is 0.497 e. The van der Waals surface area contributed by atoms with Gasteiger partial charge < -0.3 is 23.8 Å². The molecule has 4 aromatic rings. The molecule has 0 saturated carbocycles. The molecule has 1 amide bonds. The lowest BCUT2D eigenvalue weighted by Gasteiger charge is -2.40. The fourth-order valence-corrected chi connectivity index (χ4v) is 9.34. The average molecular weight is 696 g/mol. The van der Waals surface area contributed by atoms with E-state index in [1.54, 1.807) is 36.7 Å². The van der Waals surface area contributed by atoms with Gasteiger partial charge in [-0.25, -0.2) is 12.7 Å². The first-order chi connectivity index (χ1) is 24.2. The van der Waals surface area contributed by atoms with Crippen LogP contribution in [-0.4, -0.2) is 78.3 Å². The van der Waals surface area contributed by atoms with Crippen LogP contribution >= 0.6 is 0 Å². The zero-order valence-corrected chi connectivity index (χ0v) is 29.0. The normalized spacial score (nSPS) is 21.5. The van der Waals surface area contributed by atoms with Gasteiger partial charge in [0.25, 0.3) is 15.9 Å². The molecule has 12 nitrogen and oxygen atoms in total. The molecule has 0 spiro atoms. The highest BCUT2D eigenvalue weighted by molar-refractivity contribution is 7.93. The Morgan fingerprint density at radius 3 is 2.16 bits per heavy atom. The number of benzene rings is 3. The number of rotatable bonds is 10.